The highest BCUT2D eigenvalue weighted by Gasteiger charge is 2.20. The van der Waals surface area contributed by atoms with E-state index in [1.165, 1.54) is 12.8 Å². The lowest BCUT2D eigenvalue weighted by molar-refractivity contribution is -0.142. The highest BCUT2D eigenvalue weighted by molar-refractivity contribution is 5.69. The summed E-state index contributed by atoms with van der Waals surface area (Å²) in [5, 5.41) is 0. The molecule has 0 atom stereocenters. The molecule has 1 saturated carbocycles. The van der Waals surface area contributed by atoms with Crippen LogP contribution in [0.4, 0.5) is 0 Å². The van der Waals surface area contributed by atoms with Crippen LogP contribution in [0.15, 0.2) is 18.2 Å². The van der Waals surface area contributed by atoms with Gasteiger partial charge in [-0.2, -0.15) is 0 Å². The average molecular weight is 334 g/mol. The van der Waals surface area contributed by atoms with Crippen molar-refractivity contribution in [2.24, 2.45) is 5.92 Å². The summed E-state index contributed by atoms with van der Waals surface area (Å²) in [7, 11) is 4.76. The van der Waals surface area contributed by atoms with Crippen molar-refractivity contribution in [1.29, 1.82) is 0 Å². The molecule has 0 saturated heterocycles. The molecule has 0 amide bonds. The summed E-state index contributed by atoms with van der Waals surface area (Å²) in [4.78, 5) is 11.6. The minimum Gasteiger partial charge on any atom is -0.496 e. The van der Waals surface area contributed by atoms with Gasteiger partial charge < -0.3 is 18.9 Å². The number of hydrogen-bond acceptors (Lipinski definition) is 5. The first kappa shape index (κ1) is 18.2. The zero-order valence-corrected chi connectivity index (χ0v) is 14.7. The van der Waals surface area contributed by atoms with Crippen molar-refractivity contribution in [3.63, 3.8) is 0 Å². The molecule has 0 heterocycles. The lowest BCUT2D eigenvalue weighted by Crippen LogP contribution is -2.04. The first-order valence-corrected chi connectivity index (χ1v) is 8.30. The van der Waals surface area contributed by atoms with E-state index in [-0.39, 0.29) is 12.6 Å². The molecule has 24 heavy (non-hydrogen) atoms. The maximum Gasteiger partial charge on any atom is 0.306 e. The van der Waals surface area contributed by atoms with Crippen molar-refractivity contribution in [3.05, 3.63) is 23.8 Å². The van der Waals surface area contributed by atoms with Crippen molar-refractivity contribution < 1.29 is 23.7 Å². The normalized spacial score (nSPS) is 13.8. The van der Waals surface area contributed by atoms with Crippen molar-refractivity contribution in [3.8, 4) is 17.2 Å². The first-order valence-electron chi connectivity index (χ1n) is 8.30. The molecule has 1 fully saturated rings. The maximum absolute atomic E-state index is 11.6. The van der Waals surface area contributed by atoms with E-state index in [4.69, 9.17) is 18.9 Å². The molecular weight excluding hydrogens is 308 g/mol. The van der Waals surface area contributed by atoms with Crippen molar-refractivity contribution >= 4 is 12.0 Å². The summed E-state index contributed by atoms with van der Waals surface area (Å²) in [6.45, 7) is 0.250. The molecule has 2 rings (SSSR count). The van der Waals surface area contributed by atoms with Crippen LogP contribution in [0.3, 0.4) is 0 Å². The molecule has 5 nitrogen and oxygen atoms in total. The fourth-order valence-corrected chi connectivity index (χ4v) is 2.51. The number of carbonyl (C=O) groups excluding carboxylic acids is 1. The van der Waals surface area contributed by atoms with Crippen LogP contribution in [0.5, 0.6) is 17.2 Å². The predicted molar refractivity (Wildman–Crippen MR) is 92.7 cm³/mol. The second-order valence-electron chi connectivity index (χ2n) is 5.87. The zero-order chi connectivity index (χ0) is 17.4. The SMILES string of the molecule is COc1cc(OC)c(OC)cc1/C=C/COC(=O)CCCC1CC1. The largest absolute Gasteiger partial charge is 0.496 e. The molecule has 0 unspecified atom stereocenters. The van der Waals surface area contributed by atoms with Crippen LogP contribution < -0.4 is 14.2 Å². The number of rotatable bonds is 10. The highest BCUT2D eigenvalue weighted by atomic mass is 16.5. The zero-order valence-electron chi connectivity index (χ0n) is 14.7. The van der Waals surface area contributed by atoms with Crippen molar-refractivity contribution in [2.45, 2.75) is 32.1 Å². The van der Waals surface area contributed by atoms with Crippen molar-refractivity contribution in [2.75, 3.05) is 27.9 Å². The van der Waals surface area contributed by atoms with Crippen LogP contribution in [-0.2, 0) is 9.53 Å². The van der Waals surface area contributed by atoms with Gasteiger partial charge in [0.1, 0.15) is 12.4 Å². The molecule has 5 heteroatoms. The Balaban J connectivity index is 1.84. The van der Waals surface area contributed by atoms with Crippen LogP contribution in [0.1, 0.15) is 37.7 Å². The van der Waals surface area contributed by atoms with Gasteiger partial charge in [-0.25, -0.2) is 0 Å². The van der Waals surface area contributed by atoms with E-state index in [0.29, 0.717) is 23.7 Å². The van der Waals surface area contributed by atoms with E-state index < -0.39 is 0 Å². The smallest absolute Gasteiger partial charge is 0.306 e. The molecular formula is C19H26O5. The molecule has 1 aromatic carbocycles. The second kappa shape index (κ2) is 9.21. The summed E-state index contributed by atoms with van der Waals surface area (Å²) < 4.78 is 21.1. The third-order valence-corrected chi connectivity index (χ3v) is 4.06. The monoisotopic (exact) mass is 334 g/mol. The van der Waals surface area contributed by atoms with E-state index in [0.717, 1.165) is 24.3 Å². The van der Waals surface area contributed by atoms with Crippen LogP contribution in [0.25, 0.3) is 6.08 Å². The molecule has 0 aromatic heterocycles. The third kappa shape index (κ3) is 5.48. The highest BCUT2D eigenvalue weighted by Crippen LogP contribution is 2.35. The van der Waals surface area contributed by atoms with E-state index in [1.807, 2.05) is 12.1 Å². The molecule has 1 aliphatic carbocycles. The van der Waals surface area contributed by atoms with Gasteiger partial charge in [-0.3, -0.25) is 4.79 Å². The molecule has 1 aromatic rings. The second-order valence-corrected chi connectivity index (χ2v) is 5.87. The summed E-state index contributed by atoms with van der Waals surface area (Å²) >= 11 is 0. The maximum atomic E-state index is 11.6. The Hall–Kier alpha value is -2.17. The van der Waals surface area contributed by atoms with Gasteiger partial charge in [-0.15, -0.1) is 0 Å². The number of ether oxygens (including phenoxy) is 4. The molecule has 0 radical (unpaired) electrons. The van der Waals surface area contributed by atoms with Gasteiger partial charge in [0.15, 0.2) is 11.5 Å². The Morgan fingerprint density at radius 2 is 1.75 bits per heavy atom. The fourth-order valence-electron chi connectivity index (χ4n) is 2.51. The quantitative estimate of drug-likeness (QED) is 0.608. The standard InChI is InChI=1S/C19H26O5/c1-21-16-13-18(23-3)17(22-2)12-15(16)7-5-11-24-19(20)8-4-6-14-9-10-14/h5,7,12-14H,4,6,8-11H2,1-3H3/b7-5+. The van der Waals surface area contributed by atoms with Crippen LogP contribution in [0.2, 0.25) is 0 Å². The lowest BCUT2D eigenvalue weighted by Gasteiger charge is -2.12. The predicted octanol–water partition coefficient (Wildman–Crippen LogP) is 3.85. The molecule has 0 aliphatic heterocycles. The van der Waals surface area contributed by atoms with Gasteiger partial charge in [0.05, 0.1) is 21.3 Å². The summed E-state index contributed by atoms with van der Waals surface area (Å²) in [5.41, 5.74) is 0.833. The molecule has 132 valence electrons. The Labute approximate surface area is 143 Å². The topological polar surface area (TPSA) is 54.0 Å². The Kier molecular flexibility index (Phi) is 6.97. The van der Waals surface area contributed by atoms with Gasteiger partial charge in [-0.05, 0) is 30.9 Å². The number of methoxy groups -OCH3 is 3. The lowest BCUT2D eigenvalue weighted by atomic mass is 10.1. The molecule has 0 spiro atoms. The summed E-state index contributed by atoms with van der Waals surface area (Å²) in [6, 6.07) is 3.59. The average Bonchev–Trinajstić information content (AvgIpc) is 3.42. The number of carbonyl (C=O) groups is 1. The van der Waals surface area contributed by atoms with Crippen LogP contribution in [-0.4, -0.2) is 33.9 Å². The summed E-state index contributed by atoms with van der Waals surface area (Å²) in [6.07, 6.45) is 8.87. The van der Waals surface area contributed by atoms with E-state index in [9.17, 15) is 4.79 Å². The minimum atomic E-state index is -0.139. The minimum absolute atomic E-state index is 0.139. The van der Waals surface area contributed by atoms with Crippen LogP contribution in [0, 0.1) is 5.92 Å². The molecule has 0 bridgehead atoms. The molecule has 1 aliphatic rings. The number of hydrogen-bond donors (Lipinski definition) is 0. The van der Waals surface area contributed by atoms with Gasteiger partial charge >= 0.3 is 5.97 Å². The van der Waals surface area contributed by atoms with E-state index >= 15 is 0 Å². The number of esters is 1. The third-order valence-electron chi connectivity index (χ3n) is 4.06. The van der Waals surface area contributed by atoms with E-state index in [2.05, 4.69) is 0 Å². The Bertz CT molecular complexity index is 575. The Morgan fingerprint density at radius 1 is 1.08 bits per heavy atom. The molecule has 0 N–H and O–H groups in total. The van der Waals surface area contributed by atoms with E-state index in [1.54, 1.807) is 33.5 Å². The van der Waals surface area contributed by atoms with Crippen molar-refractivity contribution in [1.82, 2.24) is 0 Å². The fraction of sp³-hybridized carbons (Fsp3) is 0.526. The van der Waals surface area contributed by atoms with Gasteiger partial charge in [-0.1, -0.05) is 18.9 Å². The van der Waals surface area contributed by atoms with Gasteiger partial charge in [0.25, 0.3) is 0 Å². The first-order chi connectivity index (χ1) is 11.7. The van der Waals surface area contributed by atoms with Gasteiger partial charge in [0.2, 0.25) is 0 Å². The Morgan fingerprint density at radius 3 is 2.38 bits per heavy atom. The summed E-state index contributed by atoms with van der Waals surface area (Å²) in [5.74, 6) is 2.61. The number of benzene rings is 1. The van der Waals surface area contributed by atoms with Gasteiger partial charge in [0, 0.05) is 18.1 Å². The van der Waals surface area contributed by atoms with Crippen LogP contribution >= 0.6 is 0 Å².